The quantitative estimate of drug-likeness (QED) is 0.227. The molecule has 6 nitrogen and oxygen atoms in total. The van der Waals surface area contributed by atoms with Crippen LogP contribution in [0.25, 0.3) is 11.1 Å². The summed E-state index contributed by atoms with van der Waals surface area (Å²) in [5.74, 6) is 0.678. The third-order valence-corrected chi connectivity index (χ3v) is 6.27. The first-order valence-electron chi connectivity index (χ1n) is 13.5. The van der Waals surface area contributed by atoms with Crippen molar-refractivity contribution in [2.75, 3.05) is 10.6 Å². The molecule has 4 aromatic rings. The van der Waals surface area contributed by atoms with Crippen LogP contribution in [0, 0.1) is 13.8 Å². The molecule has 40 heavy (non-hydrogen) atoms. The van der Waals surface area contributed by atoms with Gasteiger partial charge >= 0.3 is 0 Å². The number of hydrogen-bond donors (Lipinski definition) is 2. The molecule has 0 aromatic heterocycles. The molecule has 6 heteroatoms. The molecule has 0 aliphatic rings. The molecule has 0 aliphatic carbocycles. The van der Waals surface area contributed by atoms with Gasteiger partial charge in [-0.15, -0.1) is 0 Å². The fourth-order valence-electron chi connectivity index (χ4n) is 4.37. The van der Waals surface area contributed by atoms with Crippen molar-refractivity contribution >= 4 is 23.2 Å². The molecule has 206 valence electrons. The number of nitrogens with one attached hydrogen (secondary N) is 2. The van der Waals surface area contributed by atoms with E-state index in [4.69, 9.17) is 9.47 Å². The predicted octanol–water partition coefficient (Wildman–Crippen LogP) is 8.05. The van der Waals surface area contributed by atoms with E-state index < -0.39 is 0 Å². The Hall–Kier alpha value is -4.58. The molecule has 0 unspecified atom stereocenters. The maximum Gasteiger partial charge on any atom is 0.259 e. The van der Waals surface area contributed by atoms with E-state index in [1.54, 1.807) is 24.3 Å². The maximum atomic E-state index is 13.0. The molecular weight excluding hydrogens is 500 g/mol. The third-order valence-electron chi connectivity index (χ3n) is 6.27. The molecule has 0 spiro atoms. The lowest BCUT2D eigenvalue weighted by Crippen LogP contribution is -2.16. The standard InChI is InChI=1S/C34H36N2O4/c1-21(2)39-31-13-9-7-11-27(31)33(37)35-29-17-15-25(19-23(29)5)26-16-18-30(24(6)20-26)36-34(38)28-12-8-10-14-32(28)40-22(3)4/h7-22H,1-6H3,(H,35,37)(H,36,38). The monoisotopic (exact) mass is 536 g/mol. The zero-order valence-corrected chi connectivity index (χ0v) is 23.9. The highest BCUT2D eigenvalue weighted by Gasteiger charge is 2.16. The van der Waals surface area contributed by atoms with Gasteiger partial charge in [0.05, 0.1) is 23.3 Å². The summed E-state index contributed by atoms with van der Waals surface area (Å²) in [6.07, 6.45) is -0.0688. The summed E-state index contributed by atoms with van der Waals surface area (Å²) in [6.45, 7) is 11.7. The summed E-state index contributed by atoms with van der Waals surface area (Å²) >= 11 is 0. The Bertz CT molecular complexity index is 1410. The summed E-state index contributed by atoms with van der Waals surface area (Å²) in [4.78, 5) is 26.1. The van der Waals surface area contributed by atoms with Crippen molar-refractivity contribution in [1.82, 2.24) is 0 Å². The number of para-hydroxylation sites is 2. The van der Waals surface area contributed by atoms with E-state index in [1.165, 1.54) is 0 Å². The van der Waals surface area contributed by atoms with Crippen molar-refractivity contribution in [1.29, 1.82) is 0 Å². The zero-order valence-electron chi connectivity index (χ0n) is 23.9. The number of anilines is 2. The third kappa shape index (κ3) is 6.89. The molecule has 4 rings (SSSR count). The first-order valence-corrected chi connectivity index (χ1v) is 13.5. The Balaban J connectivity index is 1.49. The number of amides is 2. The minimum Gasteiger partial charge on any atom is -0.490 e. The second-order valence-electron chi connectivity index (χ2n) is 10.3. The summed E-state index contributed by atoms with van der Waals surface area (Å²) in [7, 11) is 0. The zero-order chi connectivity index (χ0) is 28.8. The number of carbonyl (C=O) groups is 2. The lowest BCUT2D eigenvalue weighted by molar-refractivity contribution is 0.101. The van der Waals surface area contributed by atoms with Crippen LogP contribution >= 0.6 is 0 Å². The number of rotatable bonds is 9. The Morgan fingerprint density at radius 1 is 0.575 bits per heavy atom. The van der Waals surface area contributed by atoms with Gasteiger partial charge in [0.25, 0.3) is 11.8 Å². The Morgan fingerprint density at radius 2 is 0.950 bits per heavy atom. The van der Waals surface area contributed by atoms with Crippen molar-refractivity contribution in [2.24, 2.45) is 0 Å². The molecular formula is C34H36N2O4. The lowest BCUT2D eigenvalue weighted by Gasteiger charge is -2.16. The Kier molecular flexibility index (Phi) is 8.90. The molecule has 2 N–H and O–H groups in total. The first kappa shape index (κ1) is 28.4. The van der Waals surface area contributed by atoms with E-state index in [2.05, 4.69) is 10.6 Å². The van der Waals surface area contributed by atoms with Gasteiger partial charge in [0.1, 0.15) is 11.5 Å². The van der Waals surface area contributed by atoms with Gasteiger partial charge in [-0.25, -0.2) is 0 Å². The smallest absolute Gasteiger partial charge is 0.259 e. The summed E-state index contributed by atoms with van der Waals surface area (Å²) in [6, 6.07) is 26.3. The number of hydrogen-bond acceptors (Lipinski definition) is 4. The molecule has 0 atom stereocenters. The maximum absolute atomic E-state index is 13.0. The topological polar surface area (TPSA) is 76.7 Å². The fraction of sp³-hybridized carbons (Fsp3) is 0.235. The van der Waals surface area contributed by atoms with Crippen LogP contribution in [0.1, 0.15) is 59.5 Å². The lowest BCUT2D eigenvalue weighted by atomic mass is 9.99. The Labute approximate surface area is 236 Å². The van der Waals surface area contributed by atoms with Crippen molar-refractivity contribution in [2.45, 2.75) is 53.8 Å². The van der Waals surface area contributed by atoms with Crippen molar-refractivity contribution in [3.63, 3.8) is 0 Å². The van der Waals surface area contributed by atoms with E-state index in [0.29, 0.717) is 22.6 Å². The van der Waals surface area contributed by atoms with Gasteiger partial charge in [0.2, 0.25) is 0 Å². The highest BCUT2D eigenvalue weighted by molar-refractivity contribution is 6.07. The second-order valence-corrected chi connectivity index (χ2v) is 10.3. The van der Waals surface area contributed by atoms with Gasteiger partial charge < -0.3 is 20.1 Å². The van der Waals surface area contributed by atoms with Crippen LogP contribution in [0.2, 0.25) is 0 Å². The number of aryl methyl sites for hydroxylation is 2. The van der Waals surface area contributed by atoms with Crippen LogP contribution in [-0.4, -0.2) is 24.0 Å². The average molecular weight is 537 g/mol. The molecule has 0 heterocycles. The van der Waals surface area contributed by atoms with Gasteiger partial charge in [-0.1, -0.05) is 36.4 Å². The first-order chi connectivity index (χ1) is 19.1. The van der Waals surface area contributed by atoms with E-state index in [-0.39, 0.29) is 24.0 Å². The van der Waals surface area contributed by atoms with Gasteiger partial charge in [0, 0.05) is 11.4 Å². The molecule has 0 radical (unpaired) electrons. The van der Waals surface area contributed by atoms with Gasteiger partial charge in [-0.2, -0.15) is 0 Å². The predicted molar refractivity (Wildman–Crippen MR) is 162 cm³/mol. The second kappa shape index (κ2) is 12.5. The van der Waals surface area contributed by atoms with Crippen molar-refractivity contribution in [3.05, 3.63) is 107 Å². The molecule has 2 amide bonds. The minimum absolute atomic E-state index is 0.0344. The van der Waals surface area contributed by atoms with Crippen LogP contribution in [0.15, 0.2) is 84.9 Å². The summed E-state index contributed by atoms with van der Waals surface area (Å²) < 4.78 is 11.6. The molecule has 4 aromatic carbocycles. The minimum atomic E-state index is -0.219. The number of ether oxygens (including phenoxy) is 2. The van der Waals surface area contributed by atoms with Gasteiger partial charge in [0.15, 0.2) is 0 Å². The fourth-order valence-corrected chi connectivity index (χ4v) is 4.37. The van der Waals surface area contributed by atoms with E-state index in [1.807, 2.05) is 102 Å². The van der Waals surface area contributed by atoms with Gasteiger partial charge in [-0.3, -0.25) is 9.59 Å². The van der Waals surface area contributed by atoms with E-state index in [9.17, 15) is 9.59 Å². The molecule has 0 saturated heterocycles. The van der Waals surface area contributed by atoms with Crippen molar-refractivity contribution < 1.29 is 19.1 Å². The number of carbonyl (C=O) groups excluding carboxylic acids is 2. The van der Waals surface area contributed by atoms with Crippen LogP contribution < -0.4 is 20.1 Å². The van der Waals surface area contributed by atoms with E-state index in [0.717, 1.165) is 33.6 Å². The largest absolute Gasteiger partial charge is 0.490 e. The van der Waals surface area contributed by atoms with Crippen LogP contribution in [0.5, 0.6) is 11.5 Å². The van der Waals surface area contributed by atoms with Gasteiger partial charge in [-0.05, 0) is 112 Å². The number of benzene rings is 4. The SMILES string of the molecule is Cc1cc(-c2ccc(NC(=O)c3ccccc3OC(C)C)c(C)c2)ccc1NC(=O)c1ccccc1OC(C)C. The van der Waals surface area contributed by atoms with Crippen LogP contribution in [0.3, 0.4) is 0 Å². The Morgan fingerprint density at radius 3 is 1.30 bits per heavy atom. The van der Waals surface area contributed by atoms with Crippen LogP contribution in [0.4, 0.5) is 11.4 Å². The average Bonchev–Trinajstić information content (AvgIpc) is 2.90. The van der Waals surface area contributed by atoms with E-state index >= 15 is 0 Å². The highest BCUT2D eigenvalue weighted by atomic mass is 16.5. The molecule has 0 saturated carbocycles. The molecule has 0 fully saturated rings. The highest BCUT2D eigenvalue weighted by Crippen LogP contribution is 2.30. The molecule has 0 bridgehead atoms. The summed E-state index contributed by atoms with van der Waals surface area (Å²) in [5, 5.41) is 6.03. The van der Waals surface area contributed by atoms with Crippen LogP contribution in [-0.2, 0) is 0 Å². The normalized spacial score (nSPS) is 10.9. The summed E-state index contributed by atoms with van der Waals surface area (Å²) in [5.41, 5.74) is 6.34. The molecule has 0 aliphatic heterocycles. The van der Waals surface area contributed by atoms with Crippen molar-refractivity contribution in [3.8, 4) is 22.6 Å².